The normalized spacial score (nSPS) is 13.0. The van der Waals surface area contributed by atoms with Crippen LogP contribution in [-0.4, -0.2) is 27.1 Å². The van der Waals surface area contributed by atoms with Gasteiger partial charge in [0.25, 0.3) is 5.91 Å². The Morgan fingerprint density at radius 2 is 2.08 bits per heavy atom. The lowest BCUT2D eigenvalue weighted by molar-refractivity contribution is 0.0746. The molecule has 1 aromatic carbocycles. The van der Waals surface area contributed by atoms with Crippen LogP contribution >= 0.6 is 11.3 Å². The minimum absolute atomic E-state index is 0.0279. The Bertz CT molecular complexity index is 915. The Balaban J connectivity index is 1.69. The minimum Gasteiger partial charge on any atom is -0.332 e. The monoisotopic (exact) mass is 369 g/mol. The molecule has 3 aromatic rings. The molecule has 6 heteroatoms. The summed E-state index contributed by atoms with van der Waals surface area (Å²) in [4.78, 5) is 16.2. The van der Waals surface area contributed by atoms with E-state index in [2.05, 4.69) is 5.10 Å². The van der Waals surface area contributed by atoms with Crippen LogP contribution in [0.4, 0.5) is 4.39 Å². The summed E-state index contributed by atoms with van der Waals surface area (Å²) in [6.07, 6.45) is 2.78. The fourth-order valence-electron chi connectivity index (χ4n) is 3.47. The lowest BCUT2D eigenvalue weighted by atomic mass is 10.2. The topological polar surface area (TPSA) is 38.1 Å². The molecule has 1 aliphatic rings. The van der Waals surface area contributed by atoms with E-state index in [1.54, 1.807) is 23.5 Å². The summed E-state index contributed by atoms with van der Waals surface area (Å²) in [6.45, 7) is 3.22. The van der Waals surface area contributed by atoms with Gasteiger partial charge in [0.15, 0.2) is 5.69 Å². The number of nitrogens with zero attached hydrogens (tertiary/aromatic N) is 3. The van der Waals surface area contributed by atoms with Crippen LogP contribution in [0.15, 0.2) is 41.8 Å². The lowest BCUT2D eigenvalue weighted by Gasteiger charge is -2.19. The molecule has 0 radical (unpaired) electrons. The first-order valence-electron chi connectivity index (χ1n) is 8.85. The molecule has 1 aliphatic carbocycles. The Kier molecular flexibility index (Phi) is 4.59. The molecule has 0 aliphatic heterocycles. The molecule has 0 N–H and O–H groups in total. The Morgan fingerprint density at radius 1 is 1.27 bits per heavy atom. The van der Waals surface area contributed by atoms with Crippen LogP contribution in [0.25, 0.3) is 5.69 Å². The van der Waals surface area contributed by atoms with Gasteiger partial charge in [-0.3, -0.25) is 4.79 Å². The maximum Gasteiger partial charge on any atom is 0.274 e. The summed E-state index contributed by atoms with van der Waals surface area (Å²) in [7, 11) is 0. The van der Waals surface area contributed by atoms with E-state index in [1.807, 2.05) is 34.0 Å². The van der Waals surface area contributed by atoms with Crippen molar-refractivity contribution in [2.45, 2.75) is 32.7 Å². The number of aromatic nitrogens is 2. The standard InChI is InChI=1S/C20H20FN3OS/c1-2-23(13-16-5-4-12-26-16)20(25)19-17-6-3-7-18(17)24(22-19)15-10-8-14(21)9-11-15/h4-5,8-12H,2-3,6-7,13H2,1H3. The minimum atomic E-state index is -0.276. The van der Waals surface area contributed by atoms with E-state index in [0.29, 0.717) is 18.8 Å². The van der Waals surface area contributed by atoms with Crippen molar-refractivity contribution in [2.24, 2.45) is 0 Å². The Morgan fingerprint density at radius 3 is 2.77 bits per heavy atom. The number of hydrogen-bond donors (Lipinski definition) is 0. The quantitative estimate of drug-likeness (QED) is 0.675. The first kappa shape index (κ1) is 17.0. The molecule has 4 nitrogen and oxygen atoms in total. The van der Waals surface area contributed by atoms with Crippen LogP contribution < -0.4 is 0 Å². The van der Waals surface area contributed by atoms with Crippen molar-refractivity contribution in [2.75, 3.05) is 6.54 Å². The second kappa shape index (κ2) is 7.03. The van der Waals surface area contributed by atoms with Crippen molar-refractivity contribution in [1.82, 2.24) is 14.7 Å². The number of amides is 1. The highest BCUT2D eigenvalue weighted by molar-refractivity contribution is 7.09. The number of halogens is 1. The van der Waals surface area contributed by atoms with E-state index in [-0.39, 0.29) is 11.7 Å². The van der Waals surface area contributed by atoms with Gasteiger partial charge in [-0.15, -0.1) is 11.3 Å². The van der Waals surface area contributed by atoms with Gasteiger partial charge in [-0.05, 0) is 61.9 Å². The fraction of sp³-hybridized carbons (Fsp3) is 0.300. The van der Waals surface area contributed by atoms with E-state index in [9.17, 15) is 9.18 Å². The molecule has 2 aromatic heterocycles. The number of fused-ring (bicyclic) bond motifs is 1. The molecule has 0 unspecified atom stereocenters. The first-order chi connectivity index (χ1) is 12.7. The number of thiophene rings is 1. The van der Waals surface area contributed by atoms with Crippen LogP contribution in [0.2, 0.25) is 0 Å². The highest BCUT2D eigenvalue weighted by Crippen LogP contribution is 2.29. The summed E-state index contributed by atoms with van der Waals surface area (Å²) in [5.74, 6) is -0.304. The maximum atomic E-state index is 13.3. The first-order valence-corrected chi connectivity index (χ1v) is 9.73. The number of carbonyl (C=O) groups is 1. The van der Waals surface area contributed by atoms with Crippen LogP contribution in [0, 0.1) is 5.82 Å². The highest BCUT2D eigenvalue weighted by atomic mass is 32.1. The molecule has 2 heterocycles. The average Bonchev–Trinajstić information content (AvgIpc) is 3.37. The van der Waals surface area contributed by atoms with Gasteiger partial charge in [0.2, 0.25) is 0 Å². The second-order valence-corrected chi connectivity index (χ2v) is 7.45. The molecule has 0 saturated heterocycles. The highest BCUT2D eigenvalue weighted by Gasteiger charge is 2.29. The summed E-state index contributed by atoms with van der Waals surface area (Å²) < 4.78 is 15.1. The number of carbonyl (C=O) groups excluding carboxylic acids is 1. The molecule has 0 spiro atoms. The molecular weight excluding hydrogens is 349 g/mol. The van der Waals surface area contributed by atoms with E-state index in [1.165, 1.54) is 12.1 Å². The van der Waals surface area contributed by atoms with Gasteiger partial charge in [-0.2, -0.15) is 5.10 Å². The van der Waals surface area contributed by atoms with Gasteiger partial charge >= 0.3 is 0 Å². The zero-order valence-electron chi connectivity index (χ0n) is 14.6. The summed E-state index contributed by atoms with van der Waals surface area (Å²) in [6, 6.07) is 10.3. The zero-order chi connectivity index (χ0) is 18.1. The molecule has 1 amide bonds. The van der Waals surface area contributed by atoms with Crippen molar-refractivity contribution in [1.29, 1.82) is 0 Å². The molecule has 26 heavy (non-hydrogen) atoms. The molecule has 0 atom stereocenters. The summed E-state index contributed by atoms with van der Waals surface area (Å²) >= 11 is 1.65. The van der Waals surface area contributed by atoms with Gasteiger partial charge in [-0.25, -0.2) is 9.07 Å². The Hall–Kier alpha value is -2.47. The van der Waals surface area contributed by atoms with E-state index in [0.717, 1.165) is 41.1 Å². The molecule has 0 saturated carbocycles. The van der Waals surface area contributed by atoms with Crippen molar-refractivity contribution in [3.63, 3.8) is 0 Å². The van der Waals surface area contributed by atoms with E-state index in [4.69, 9.17) is 0 Å². The van der Waals surface area contributed by atoms with Crippen molar-refractivity contribution >= 4 is 17.2 Å². The van der Waals surface area contributed by atoms with Crippen LogP contribution in [0.1, 0.15) is 40.0 Å². The number of rotatable bonds is 5. The SMILES string of the molecule is CCN(Cc1cccs1)C(=O)c1nn(-c2ccc(F)cc2)c2c1CCC2. The molecule has 4 rings (SSSR count). The molecule has 0 bridgehead atoms. The predicted molar refractivity (Wildman–Crippen MR) is 100 cm³/mol. The summed E-state index contributed by atoms with van der Waals surface area (Å²) in [5.41, 5.74) is 3.46. The van der Waals surface area contributed by atoms with Gasteiger partial charge in [0, 0.05) is 22.7 Å². The van der Waals surface area contributed by atoms with Crippen molar-refractivity contribution in [3.05, 3.63) is 69.4 Å². The third kappa shape index (κ3) is 3.05. The van der Waals surface area contributed by atoms with Gasteiger partial charge in [0.05, 0.1) is 12.2 Å². The van der Waals surface area contributed by atoms with Crippen molar-refractivity contribution < 1.29 is 9.18 Å². The molecule has 0 fully saturated rings. The van der Waals surface area contributed by atoms with Gasteiger partial charge in [0.1, 0.15) is 5.82 Å². The number of benzene rings is 1. The van der Waals surface area contributed by atoms with Crippen molar-refractivity contribution in [3.8, 4) is 5.69 Å². The number of hydrogen-bond acceptors (Lipinski definition) is 3. The maximum absolute atomic E-state index is 13.3. The molecular formula is C20H20FN3OS. The largest absolute Gasteiger partial charge is 0.332 e. The second-order valence-electron chi connectivity index (χ2n) is 6.41. The van der Waals surface area contributed by atoms with Crippen LogP contribution in [0.5, 0.6) is 0 Å². The van der Waals surface area contributed by atoms with Gasteiger partial charge < -0.3 is 4.90 Å². The smallest absolute Gasteiger partial charge is 0.274 e. The molecule has 134 valence electrons. The van der Waals surface area contributed by atoms with Crippen LogP contribution in [0.3, 0.4) is 0 Å². The van der Waals surface area contributed by atoms with E-state index >= 15 is 0 Å². The van der Waals surface area contributed by atoms with E-state index < -0.39 is 0 Å². The third-order valence-electron chi connectivity index (χ3n) is 4.80. The van der Waals surface area contributed by atoms with Gasteiger partial charge in [-0.1, -0.05) is 6.07 Å². The third-order valence-corrected chi connectivity index (χ3v) is 5.66. The summed E-state index contributed by atoms with van der Waals surface area (Å²) in [5, 5.41) is 6.66. The Labute approximate surface area is 155 Å². The fourth-order valence-corrected chi connectivity index (χ4v) is 4.19. The zero-order valence-corrected chi connectivity index (χ0v) is 15.4. The van der Waals surface area contributed by atoms with Crippen LogP contribution in [-0.2, 0) is 19.4 Å². The predicted octanol–water partition coefficient (Wildman–Crippen LogP) is 4.22. The lowest BCUT2D eigenvalue weighted by Crippen LogP contribution is -2.31. The average molecular weight is 369 g/mol.